The summed E-state index contributed by atoms with van der Waals surface area (Å²) in [7, 11) is 1.68. The van der Waals surface area contributed by atoms with Crippen molar-refractivity contribution in [3.05, 3.63) is 30.3 Å². The molecule has 0 amide bonds. The molecule has 0 aliphatic heterocycles. The first-order chi connectivity index (χ1) is 9.64. The van der Waals surface area contributed by atoms with Gasteiger partial charge in [0.25, 0.3) is 0 Å². The van der Waals surface area contributed by atoms with Crippen LogP contribution in [-0.2, 0) is 9.47 Å². The van der Waals surface area contributed by atoms with Gasteiger partial charge in [-0.1, -0.05) is 59.7 Å². The van der Waals surface area contributed by atoms with E-state index in [9.17, 15) is 0 Å². The Morgan fingerprint density at radius 2 is 1.33 bits per heavy atom. The molecule has 0 fully saturated rings. The molecule has 120 valence electrons. The fourth-order valence-electron chi connectivity index (χ4n) is 2.82. The zero-order chi connectivity index (χ0) is 16.1. The molecule has 0 atom stereocenters. The second-order valence-corrected chi connectivity index (χ2v) is 7.37. The minimum absolute atomic E-state index is 0.200. The molecule has 1 aromatic rings. The summed E-state index contributed by atoms with van der Waals surface area (Å²) in [5.41, 5.74) is -0.399. The van der Waals surface area contributed by atoms with E-state index in [1.165, 1.54) is 0 Å². The van der Waals surface area contributed by atoms with Crippen molar-refractivity contribution in [2.75, 3.05) is 20.3 Å². The van der Waals surface area contributed by atoms with Gasteiger partial charge in [0, 0.05) is 17.9 Å². The Morgan fingerprint density at radius 1 is 0.810 bits per heavy atom. The first kappa shape index (κ1) is 18.0. The molecule has 1 rings (SSSR count). The Balaban J connectivity index is 3.17. The molecular weight excluding hydrogens is 264 g/mol. The van der Waals surface area contributed by atoms with Gasteiger partial charge in [0.1, 0.15) is 5.75 Å². The standard InChI is InChI=1S/C18H30O3/c1-16(2,3)18(17(4,5)6,20-14-13-19-7)21-15-11-9-8-10-12-15/h8-12H,13-14H2,1-7H3. The number of benzene rings is 1. The predicted octanol–water partition coefficient (Wildman–Crippen LogP) is 4.52. The third-order valence-corrected chi connectivity index (χ3v) is 3.57. The van der Waals surface area contributed by atoms with Gasteiger partial charge in [0.15, 0.2) is 0 Å². The van der Waals surface area contributed by atoms with E-state index < -0.39 is 5.79 Å². The summed E-state index contributed by atoms with van der Waals surface area (Å²) in [6, 6.07) is 9.85. The Bertz CT molecular complexity index is 398. The van der Waals surface area contributed by atoms with E-state index in [0.29, 0.717) is 13.2 Å². The van der Waals surface area contributed by atoms with Crippen LogP contribution >= 0.6 is 0 Å². The van der Waals surface area contributed by atoms with Gasteiger partial charge < -0.3 is 14.2 Å². The normalized spacial score (nSPS) is 13.3. The van der Waals surface area contributed by atoms with Gasteiger partial charge in [0.2, 0.25) is 5.79 Å². The molecule has 0 heterocycles. The molecule has 0 saturated heterocycles. The Kier molecular flexibility index (Phi) is 5.83. The van der Waals surface area contributed by atoms with Crippen LogP contribution in [0.2, 0.25) is 0 Å². The maximum atomic E-state index is 6.40. The molecule has 0 radical (unpaired) electrons. The summed E-state index contributed by atoms with van der Waals surface area (Å²) in [6.07, 6.45) is 0. The van der Waals surface area contributed by atoms with Gasteiger partial charge in [-0.2, -0.15) is 0 Å². The van der Waals surface area contributed by atoms with E-state index in [2.05, 4.69) is 41.5 Å². The fraction of sp³-hybridized carbons (Fsp3) is 0.667. The molecule has 0 bridgehead atoms. The van der Waals surface area contributed by atoms with Crippen molar-refractivity contribution in [1.82, 2.24) is 0 Å². The highest BCUT2D eigenvalue weighted by Gasteiger charge is 2.54. The summed E-state index contributed by atoms with van der Waals surface area (Å²) in [4.78, 5) is 0. The van der Waals surface area contributed by atoms with Crippen molar-refractivity contribution in [3.63, 3.8) is 0 Å². The van der Waals surface area contributed by atoms with E-state index in [1.807, 2.05) is 30.3 Å². The van der Waals surface area contributed by atoms with Gasteiger partial charge in [-0.25, -0.2) is 0 Å². The second-order valence-electron chi connectivity index (χ2n) is 7.37. The molecule has 0 unspecified atom stereocenters. The largest absolute Gasteiger partial charge is 0.461 e. The summed E-state index contributed by atoms with van der Waals surface area (Å²) in [6.45, 7) is 13.9. The van der Waals surface area contributed by atoms with Crippen molar-refractivity contribution in [2.45, 2.75) is 47.3 Å². The Labute approximate surface area is 129 Å². The van der Waals surface area contributed by atoms with Crippen LogP contribution in [0.15, 0.2) is 30.3 Å². The number of rotatable bonds is 6. The van der Waals surface area contributed by atoms with Crippen LogP contribution in [0.5, 0.6) is 5.75 Å². The predicted molar refractivity (Wildman–Crippen MR) is 86.5 cm³/mol. The van der Waals surface area contributed by atoms with Crippen LogP contribution < -0.4 is 4.74 Å². The summed E-state index contributed by atoms with van der Waals surface area (Å²) >= 11 is 0. The molecule has 0 saturated carbocycles. The highest BCUT2D eigenvalue weighted by molar-refractivity contribution is 5.22. The zero-order valence-electron chi connectivity index (χ0n) is 14.5. The van der Waals surface area contributed by atoms with Crippen LogP contribution in [0.1, 0.15) is 41.5 Å². The van der Waals surface area contributed by atoms with Crippen molar-refractivity contribution in [2.24, 2.45) is 10.8 Å². The monoisotopic (exact) mass is 294 g/mol. The quantitative estimate of drug-likeness (QED) is 0.570. The van der Waals surface area contributed by atoms with E-state index in [4.69, 9.17) is 14.2 Å². The maximum Gasteiger partial charge on any atom is 0.220 e. The van der Waals surface area contributed by atoms with E-state index in [0.717, 1.165) is 5.75 Å². The molecule has 0 N–H and O–H groups in total. The van der Waals surface area contributed by atoms with Crippen LogP contribution in [0.4, 0.5) is 0 Å². The SMILES string of the molecule is COCCOC(Oc1ccccc1)(C(C)(C)C)C(C)(C)C. The Morgan fingerprint density at radius 3 is 1.76 bits per heavy atom. The highest BCUT2D eigenvalue weighted by Crippen LogP contribution is 2.47. The number of hydrogen-bond acceptors (Lipinski definition) is 3. The second kappa shape index (κ2) is 6.80. The third kappa shape index (κ3) is 4.21. The van der Waals surface area contributed by atoms with Gasteiger partial charge in [-0.05, 0) is 12.1 Å². The fourth-order valence-corrected chi connectivity index (χ4v) is 2.82. The highest BCUT2D eigenvalue weighted by atomic mass is 16.7. The lowest BCUT2D eigenvalue weighted by Crippen LogP contribution is -2.59. The molecule has 21 heavy (non-hydrogen) atoms. The van der Waals surface area contributed by atoms with Crippen LogP contribution in [-0.4, -0.2) is 26.1 Å². The molecular formula is C18H30O3. The maximum absolute atomic E-state index is 6.40. The van der Waals surface area contributed by atoms with E-state index >= 15 is 0 Å². The minimum atomic E-state index is -0.750. The average molecular weight is 294 g/mol. The smallest absolute Gasteiger partial charge is 0.220 e. The average Bonchev–Trinajstić information content (AvgIpc) is 2.36. The lowest BCUT2D eigenvalue weighted by Gasteiger charge is -2.52. The summed E-state index contributed by atoms with van der Waals surface area (Å²) < 4.78 is 17.8. The number of methoxy groups -OCH3 is 1. The third-order valence-electron chi connectivity index (χ3n) is 3.57. The number of ether oxygens (including phenoxy) is 3. The molecule has 3 nitrogen and oxygen atoms in total. The van der Waals surface area contributed by atoms with Crippen LogP contribution in [0.3, 0.4) is 0 Å². The van der Waals surface area contributed by atoms with Crippen molar-refractivity contribution in [1.29, 1.82) is 0 Å². The number of para-hydroxylation sites is 1. The number of hydrogen-bond donors (Lipinski definition) is 0. The molecule has 1 aromatic carbocycles. The molecule has 3 heteroatoms. The van der Waals surface area contributed by atoms with Crippen molar-refractivity contribution in [3.8, 4) is 5.75 Å². The summed E-state index contributed by atoms with van der Waals surface area (Å²) in [5.74, 6) is 0.0691. The zero-order valence-corrected chi connectivity index (χ0v) is 14.5. The van der Waals surface area contributed by atoms with Gasteiger partial charge in [-0.3, -0.25) is 0 Å². The van der Waals surface area contributed by atoms with Crippen molar-refractivity contribution >= 4 is 0 Å². The van der Waals surface area contributed by atoms with Gasteiger partial charge in [-0.15, -0.1) is 0 Å². The molecule has 0 aliphatic carbocycles. The van der Waals surface area contributed by atoms with E-state index in [1.54, 1.807) is 7.11 Å². The first-order valence-corrected chi connectivity index (χ1v) is 7.51. The minimum Gasteiger partial charge on any atom is -0.461 e. The van der Waals surface area contributed by atoms with Gasteiger partial charge >= 0.3 is 0 Å². The van der Waals surface area contributed by atoms with Crippen LogP contribution in [0.25, 0.3) is 0 Å². The Hall–Kier alpha value is -1.06. The summed E-state index contributed by atoms with van der Waals surface area (Å²) in [5, 5.41) is 0. The lowest BCUT2D eigenvalue weighted by atomic mass is 9.70. The van der Waals surface area contributed by atoms with Gasteiger partial charge in [0.05, 0.1) is 13.2 Å². The topological polar surface area (TPSA) is 27.7 Å². The molecule has 0 aliphatic rings. The van der Waals surface area contributed by atoms with E-state index in [-0.39, 0.29) is 10.8 Å². The molecule has 0 spiro atoms. The lowest BCUT2D eigenvalue weighted by molar-refractivity contribution is -0.298. The van der Waals surface area contributed by atoms with Crippen molar-refractivity contribution < 1.29 is 14.2 Å². The van der Waals surface area contributed by atoms with Crippen LogP contribution in [0, 0.1) is 10.8 Å². The molecule has 0 aromatic heterocycles. The first-order valence-electron chi connectivity index (χ1n) is 7.51.